The summed E-state index contributed by atoms with van der Waals surface area (Å²) in [7, 11) is 0. The summed E-state index contributed by atoms with van der Waals surface area (Å²) in [5, 5.41) is 4.65. The summed E-state index contributed by atoms with van der Waals surface area (Å²) in [6.07, 6.45) is 0. The van der Waals surface area contributed by atoms with Gasteiger partial charge in [-0.2, -0.15) is 0 Å². The Morgan fingerprint density at radius 3 is 2.50 bits per heavy atom. The smallest absolute Gasteiger partial charge is 0.265 e. The molecule has 4 rings (SSSR count). The molecule has 0 aliphatic rings. The van der Waals surface area contributed by atoms with E-state index in [9.17, 15) is 4.79 Å². The van der Waals surface area contributed by atoms with Crippen LogP contribution in [-0.2, 0) is 0 Å². The van der Waals surface area contributed by atoms with Crippen molar-refractivity contribution < 1.29 is 4.79 Å². The number of halogens is 3. The number of fused-ring (bicyclic) bond motifs is 1. The average Bonchev–Trinajstić information content (AvgIpc) is 3.26. The highest BCUT2D eigenvalue weighted by Gasteiger charge is 2.15. The largest absolute Gasteiger partial charge is 0.320 e. The molecule has 0 fully saturated rings. The predicted octanol–water partition coefficient (Wildman–Crippen LogP) is 7.24. The number of aromatic nitrogens is 1. The van der Waals surface area contributed by atoms with E-state index >= 15 is 0 Å². The number of hydrogen-bond donors (Lipinski definition) is 1. The number of benzene rings is 2. The third-order valence-electron chi connectivity index (χ3n) is 3.59. The van der Waals surface area contributed by atoms with Crippen LogP contribution in [0.15, 0.2) is 48.5 Å². The Hall–Kier alpha value is -1.63. The van der Waals surface area contributed by atoms with Crippen molar-refractivity contribution in [3.8, 4) is 9.88 Å². The van der Waals surface area contributed by atoms with Gasteiger partial charge in [-0.1, -0.05) is 46.9 Å². The van der Waals surface area contributed by atoms with Crippen LogP contribution in [0.4, 0.5) is 5.69 Å². The maximum absolute atomic E-state index is 12.5. The molecule has 1 amide bonds. The zero-order valence-electron chi connectivity index (χ0n) is 12.9. The fraction of sp³-hybridized carbons (Fsp3) is 0. The molecule has 1 N–H and O–H groups in total. The molecule has 130 valence electrons. The van der Waals surface area contributed by atoms with Crippen LogP contribution in [0.25, 0.3) is 20.1 Å². The van der Waals surface area contributed by atoms with Crippen LogP contribution in [0.5, 0.6) is 0 Å². The standard InChI is InChI=1S/C18H9Cl3N2OS2/c19-9-7-11(21)13(8-10(9)20)22-17(24)15-5-6-16(25-15)18-23-12-3-1-2-4-14(12)26-18/h1-8H,(H,22,24). The van der Waals surface area contributed by atoms with Crippen molar-refractivity contribution >= 4 is 79.3 Å². The first-order chi connectivity index (χ1) is 12.5. The zero-order chi connectivity index (χ0) is 18.3. The molecule has 0 aliphatic heterocycles. The Bertz CT molecular complexity index is 1100. The van der Waals surface area contributed by atoms with Gasteiger partial charge < -0.3 is 5.32 Å². The molecule has 8 heteroatoms. The second-order valence-corrected chi connectivity index (χ2v) is 8.69. The van der Waals surface area contributed by atoms with E-state index in [0.717, 1.165) is 20.1 Å². The van der Waals surface area contributed by atoms with E-state index in [0.29, 0.717) is 25.6 Å². The Labute approximate surface area is 172 Å². The summed E-state index contributed by atoms with van der Waals surface area (Å²) in [6, 6.07) is 14.7. The topological polar surface area (TPSA) is 42.0 Å². The van der Waals surface area contributed by atoms with Crippen LogP contribution in [0.1, 0.15) is 9.67 Å². The van der Waals surface area contributed by atoms with Crippen LogP contribution in [0, 0.1) is 0 Å². The lowest BCUT2D eigenvalue weighted by atomic mass is 10.3. The van der Waals surface area contributed by atoms with E-state index in [-0.39, 0.29) is 5.91 Å². The van der Waals surface area contributed by atoms with Gasteiger partial charge in [0, 0.05) is 0 Å². The second kappa shape index (κ2) is 7.18. The van der Waals surface area contributed by atoms with Crippen molar-refractivity contribution in [1.82, 2.24) is 4.98 Å². The summed E-state index contributed by atoms with van der Waals surface area (Å²) in [5.74, 6) is -0.261. The molecule has 0 saturated heterocycles. The molecule has 2 aromatic carbocycles. The number of anilines is 1. The molecular formula is C18H9Cl3N2OS2. The predicted molar refractivity (Wildman–Crippen MR) is 112 cm³/mol. The Morgan fingerprint density at radius 1 is 0.923 bits per heavy atom. The van der Waals surface area contributed by atoms with Crippen molar-refractivity contribution in [3.05, 3.63) is 68.5 Å². The van der Waals surface area contributed by atoms with E-state index in [1.54, 1.807) is 17.4 Å². The Morgan fingerprint density at radius 2 is 1.69 bits per heavy atom. The number of rotatable bonds is 3. The number of amides is 1. The second-order valence-electron chi connectivity index (χ2n) is 5.35. The van der Waals surface area contributed by atoms with Crippen LogP contribution in [0.3, 0.4) is 0 Å². The first kappa shape index (κ1) is 17.8. The van der Waals surface area contributed by atoms with Crippen LogP contribution >= 0.6 is 57.5 Å². The summed E-state index contributed by atoms with van der Waals surface area (Å²) < 4.78 is 1.12. The lowest BCUT2D eigenvalue weighted by Crippen LogP contribution is -2.10. The number of nitrogens with zero attached hydrogens (tertiary/aromatic N) is 1. The molecular weight excluding hydrogens is 431 g/mol. The highest BCUT2D eigenvalue weighted by molar-refractivity contribution is 7.26. The average molecular weight is 440 g/mol. The molecule has 3 nitrogen and oxygen atoms in total. The lowest BCUT2D eigenvalue weighted by Gasteiger charge is -2.07. The number of nitrogens with one attached hydrogen (secondary N) is 1. The van der Waals surface area contributed by atoms with Gasteiger partial charge in [0.25, 0.3) is 5.91 Å². The Kier molecular flexibility index (Phi) is 4.90. The van der Waals surface area contributed by atoms with Crippen molar-refractivity contribution in [2.75, 3.05) is 5.32 Å². The van der Waals surface area contributed by atoms with Gasteiger partial charge in [0.2, 0.25) is 0 Å². The van der Waals surface area contributed by atoms with Gasteiger partial charge >= 0.3 is 0 Å². The minimum atomic E-state index is -0.261. The molecule has 26 heavy (non-hydrogen) atoms. The molecule has 0 atom stereocenters. The molecule has 2 aromatic heterocycles. The summed E-state index contributed by atoms with van der Waals surface area (Å²) in [4.78, 5) is 18.6. The van der Waals surface area contributed by atoms with Gasteiger partial charge in [-0.05, 0) is 36.4 Å². The fourth-order valence-corrected chi connectivity index (χ4v) is 4.87. The zero-order valence-corrected chi connectivity index (χ0v) is 16.8. The molecule has 2 heterocycles. The minimum Gasteiger partial charge on any atom is -0.320 e. The summed E-state index contributed by atoms with van der Waals surface area (Å²) in [6.45, 7) is 0. The SMILES string of the molecule is O=C(Nc1cc(Cl)c(Cl)cc1Cl)c1ccc(-c2nc3ccccc3s2)s1. The molecule has 0 unspecified atom stereocenters. The van der Waals surface area contributed by atoms with E-state index in [1.165, 1.54) is 23.5 Å². The molecule has 4 aromatic rings. The van der Waals surface area contributed by atoms with Gasteiger partial charge in [-0.25, -0.2) is 4.98 Å². The van der Waals surface area contributed by atoms with Gasteiger partial charge in [0.1, 0.15) is 5.01 Å². The third-order valence-corrected chi connectivity index (χ3v) is 6.92. The van der Waals surface area contributed by atoms with E-state index in [2.05, 4.69) is 10.3 Å². The highest BCUT2D eigenvalue weighted by Crippen LogP contribution is 2.36. The fourth-order valence-electron chi connectivity index (χ4n) is 2.35. The number of para-hydroxylation sites is 1. The van der Waals surface area contributed by atoms with Gasteiger partial charge in [-0.3, -0.25) is 4.79 Å². The van der Waals surface area contributed by atoms with E-state index in [1.807, 2.05) is 30.3 Å². The summed E-state index contributed by atoms with van der Waals surface area (Å²) >= 11 is 21.0. The van der Waals surface area contributed by atoms with Gasteiger partial charge in [-0.15, -0.1) is 22.7 Å². The third kappa shape index (κ3) is 3.46. The monoisotopic (exact) mass is 438 g/mol. The molecule has 0 aliphatic carbocycles. The number of carbonyl (C=O) groups excluding carboxylic acids is 1. The van der Waals surface area contributed by atoms with Crippen LogP contribution in [0.2, 0.25) is 15.1 Å². The van der Waals surface area contributed by atoms with Crippen LogP contribution < -0.4 is 5.32 Å². The first-order valence-electron chi connectivity index (χ1n) is 7.43. The van der Waals surface area contributed by atoms with Crippen molar-refractivity contribution in [1.29, 1.82) is 0 Å². The maximum atomic E-state index is 12.5. The number of thiazole rings is 1. The van der Waals surface area contributed by atoms with Crippen molar-refractivity contribution in [2.45, 2.75) is 0 Å². The first-order valence-corrected chi connectivity index (χ1v) is 10.2. The van der Waals surface area contributed by atoms with Gasteiger partial charge in [0.15, 0.2) is 0 Å². The lowest BCUT2D eigenvalue weighted by molar-refractivity contribution is 0.103. The molecule has 0 radical (unpaired) electrons. The number of thiophene rings is 1. The molecule has 0 spiro atoms. The van der Waals surface area contributed by atoms with E-state index < -0.39 is 0 Å². The quantitative estimate of drug-likeness (QED) is 0.342. The Balaban J connectivity index is 1.59. The van der Waals surface area contributed by atoms with Crippen molar-refractivity contribution in [2.24, 2.45) is 0 Å². The normalized spacial score (nSPS) is 11.0. The number of hydrogen-bond acceptors (Lipinski definition) is 4. The van der Waals surface area contributed by atoms with Crippen LogP contribution in [-0.4, -0.2) is 10.9 Å². The van der Waals surface area contributed by atoms with Crippen molar-refractivity contribution in [3.63, 3.8) is 0 Å². The van der Waals surface area contributed by atoms with Gasteiger partial charge in [0.05, 0.1) is 40.7 Å². The number of carbonyl (C=O) groups is 1. The minimum absolute atomic E-state index is 0.261. The molecule has 0 saturated carbocycles. The van der Waals surface area contributed by atoms with E-state index in [4.69, 9.17) is 34.8 Å². The highest BCUT2D eigenvalue weighted by atomic mass is 35.5. The molecule has 0 bridgehead atoms. The summed E-state index contributed by atoms with van der Waals surface area (Å²) in [5.41, 5.74) is 1.37. The maximum Gasteiger partial charge on any atom is 0.265 e.